The van der Waals surface area contributed by atoms with Crippen LogP contribution < -0.4 is 5.69 Å². The van der Waals surface area contributed by atoms with Gasteiger partial charge in [-0.2, -0.15) is 0 Å². The summed E-state index contributed by atoms with van der Waals surface area (Å²) in [5, 5.41) is 18.1. The van der Waals surface area contributed by atoms with Gasteiger partial charge < -0.3 is 0 Å². The Labute approximate surface area is 146 Å². The number of hydrogen-bond donors (Lipinski definition) is 1. The summed E-state index contributed by atoms with van der Waals surface area (Å²) < 4.78 is 2.28. The van der Waals surface area contributed by atoms with Gasteiger partial charge in [0.15, 0.2) is 0 Å². The third-order valence-corrected chi connectivity index (χ3v) is 5.89. The number of nitro groups is 1. The molecule has 0 atom stereocenters. The molecule has 3 rings (SSSR count). The molecule has 124 valence electrons. The predicted octanol–water partition coefficient (Wildman–Crippen LogP) is 3.53. The zero-order chi connectivity index (χ0) is 17.1. The highest BCUT2D eigenvalue weighted by Gasteiger charge is 2.24. The van der Waals surface area contributed by atoms with E-state index in [1.165, 1.54) is 16.3 Å². The van der Waals surface area contributed by atoms with E-state index in [9.17, 15) is 14.9 Å². The molecule has 0 spiro atoms. The molecule has 24 heavy (non-hydrogen) atoms. The average molecular weight is 362 g/mol. The molecule has 1 aromatic carbocycles. The molecule has 0 radical (unpaired) electrons. The number of aromatic amines is 1. The molecule has 0 fully saturated rings. The van der Waals surface area contributed by atoms with E-state index >= 15 is 0 Å². The van der Waals surface area contributed by atoms with Gasteiger partial charge in [-0.25, -0.2) is 14.5 Å². The number of benzene rings is 1. The molecule has 0 aliphatic carbocycles. The smallest absolute Gasteiger partial charge is 0.258 e. The number of H-pyrrole nitrogens is 1. The van der Waals surface area contributed by atoms with Gasteiger partial charge >= 0.3 is 10.7 Å². The molecule has 0 saturated heterocycles. The van der Waals surface area contributed by atoms with Crippen LogP contribution in [0.3, 0.4) is 0 Å². The minimum atomic E-state index is -0.382. The summed E-state index contributed by atoms with van der Waals surface area (Å²) in [5.41, 5.74) is 1.46. The van der Waals surface area contributed by atoms with Crippen LogP contribution in [-0.4, -0.2) is 19.7 Å². The summed E-state index contributed by atoms with van der Waals surface area (Å²) in [5.74, 6) is 0. The predicted molar refractivity (Wildman–Crippen MR) is 94.6 cm³/mol. The van der Waals surface area contributed by atoms with Gasteiger partial charge in [0.1, 0.15) is 0 Å². The number of thioether (sulfide) groups is 2. The lowest BCUT2D eigenvalue weighted by molar-refractivity contribution is -0.410. The Balaban J connectivity index is 1.95. The highest BCUT2D eigenvalue weighted by atomic mass is 32.2. The highest BCUT2D eigenvalue weighted by Crippen LogP contribution is 2.45. The van der Waals surface area contributed by atoms with E-state index in [1.807, 2.05) is 37.3 Å². The van der Waals surface area contributed by atoms with Crippen LogP contribution in [0.15, 0.2) is 61.2 Å². The van der Waals surface area contributed by atoms with Crippen molar-refractivity contribution in [2.45, 2.75) is 24.9 Å². The Morgan fingerprint density at radius 1 is 1.42 bits per heavy atom. The maximum atomic E-state index is 12.1. The molecule has 1 N–H and O–H groups in total. The zero-order valence-corrected chi connectivity index (χ0v) is 14.4. The summed E-state index contributed by atoms with van der Waals surface area (Å²) in [7, 11) is 0. The van der Waals surface area contributed by atoms with Crippen LogP contribution in [0.4, 0.5) is 0 Å². The largest absolute Gasteiger partial charge is 0.348 e. The number of para-hydroxylation sites is 1. The van der Waals surface area contributed by atoms with Gasteiger partial charge in [-0.3, -0.25) is 10.1 Å². The monoisotopic (exact) mass is 362 g/mol. The number of aromatic nitrogens is 3. The molecule has 0 bridgehead atoms. The third kappa shape index (κ3) is 3.31. The van der Waals surface area contributed by atoms with Crippen LogP contribution >= 0.6 is 23.5 Å². The zero-order valence-electron chi connectivity index (χ0n) is 12.8. The molecule has 0 saturated carbocycles. The minimum absolute atomic E-state index is 0.110. The van der Waals surface area contributed by atoms with Crippen molar-refractivity contribution in [3.05, 3.63) is 71.8 Å². The average Bonchev–Trinajstić information content (AvgIpc) is 2.96. The van der Waals surface area contributed by atoms with Crippen LogP contribution in [0.25, 0.3) is 5.69 Å². The summed E-state index contributed by atoms with van der Waals surface area (Å²) in [4.78, 5) is 22.8. The van der Waals surface area contributed by atoms with Crippen LogP contribution in [0.1, 0.15) is 19.8 Å². The second kappa shape index (κ2) is 7.10. The number of nitrogens with one attached hydrogen (secondary N) is 1. The van der Waals surface area contributed by atoms with Gasteiger partial charge in [0.25, 0.3) is 0 Å². The SMILES string of the molecule is CCC1=C(Sc2n[nH]c(=O)n2-c2ccccc2)SC([N+](=O)[O-])=CC1. The van der Waals surface area contributed by atoms with E-state index in [0.29, 0.717) is 17.3 Å². The van der Waals surface area contributed by atoms with E-state index in [2.05, 4.69) is 10.2 Å². The number of allylic oxidation sites excluding steroid dienone is 2. The van der Waals surface area contributed by atoms with Gasteiger partial charge in [0.2, 0.25) is 5.16 Å². The lowest BCUT2D eigenvalue weighted by Gasteiger charge is -2.14. The van der Waals surface area contributed by atoms with E-state index in [0.717, 1.165) is 28.0 Å². The number of hydrogen-bond acceptors (Lipinski definition) is 6. The summed E-state index contributed by atoms with van der Waals surface area (Å²) in [6.07, 6.45) is 2.96. The number of rotatable bonds is 5. The summed E-state index contributed by atoms with van der Waals surface area (Å²) >= 11 is 2.39. The van der Waals surface area contributed by atoms with E-state index in [1.54, 1.807) is 6.08 Å². The Kier molecular flexibility index (Phi) is 4.91. The second-order valence-electron chi connectivity index (χ2n) is 4.93. The molecular weight excluding hydrogens is 348 g/mol. The first-order valence-electron chi connectivity index (χ1n) is 7.25. The molecule has 2 heterocycles. The molecule has 9 heteroatoms. The lowest BCUT2D eigenvalue weighted by atomic mass is 10.1. The first-order chi connectivity index (χ1) is 11.6. The van der Waals surface area contributed by atoms with Crippen molar-refractivity contribution in [3.63, 3.8) is 0 Å². The lowest BCUT2D eigenvalue weighted by Crippen LogP contribution is -2.15. The van der Waals surface area contributed by atoms with Gasteiger partial charge in [-0.1, -0.05) is 25.1 Å². The summed E-state index contributed by atoms with van der Waals surface area (Å²) in [6.45, 7) is 2.01. The van der Waals surface area contributed by atoms with Gasteiger partial charge in [-0.05, 0) is 54.1 Å². The standard InChI is InChI=1S/C15H14N4O3S2/c1-2-10-8-9-12(19(21)22)23-13(10)24-15-17-16-14(20)18(15)11-6-4-3-5-7-11/h3-7,9H,2,8H2,1H3,(H,16,20). The molecule has 0 amide bonds. The fourth-order valence-electron chi connectivity index (χ4n) is 2.23. The Bertz CT molecular complexity index is 884. The van der Waals surface area contributed by atoms with Gasteiger partial charge in [-0.15, -0.1) is 5.10 Å². The molecular formula is C15H14N4O3S2. The van der Waals surface area contributed by atoms with Gasteiger partial charge in [0.05, 0.1) is 14.8 Å². The van der Waals surface area contributed by atoms with Crippen LogP contribution in [0.2, 0.25) is 0 Å². The molecule has 1 aromatic heterocycles. The molecule has 0 unspecified atom stereocenters. The maximum Gasteiger partial charge on any atom is 0.348 e. The topological polar surface area (TPSA) is 93.8 Å². The maximum absolute atomic E-state index is 12.1. The van der Waals surface area contributed by atoms with Crippen molar-refractivity contribution in [1.82, 2.24) is 14.8 Å². The van der Waals surface area contributed by atoms with Crippen molar-refractivity contribution in [2.75, 3.05) is 0 Å². The molecule has 7 nitrogen and oxygen atoms in total. The van der Waals surface area contributed by atoms with E-state index < -0.39 is 0 Å². The van der Waals surface area contributed by atoms with Crippen LogP contribution in [0.5, 0.6) is 0 Å². The first-order valence-corrected chi connectivity index (χ1v) is 8.88. The van der Waals surface area contributed by atoms with Crippen molar-refractivity contribution >= 4 is 23.5 Å². The normalized spacial score (nSPS) is 14.6. The highest BCUT2D eigenvalue weighted by molar-refractivity contribution is 8.23. The third-order valence-electron chi connectivity index (χ3n) is 3.46. The Morgan fingerprint density at radius 3 is 2.83 bits per heavy atom. The van der Waals surface area contributed by atoms with E-state index in [-0.39, 0.29) is 15.6 Å². The van der Waals surface area contributed by atoms with Crippen LogP contribution in [0, 0.1) is 10.1 Å². The van der Waals surface area contributed by atoms with Crippen molar-refractivity contribution in [1.29, 1.82) is 0 Å². The fraction of sp³-hybridized carbons (Fsp3) is 0.200. The molecule has 2 aromatic rings. The molecule has 1 aliphatic heterocycles. The van der Waals surface area contributed by atoms with Crippen molar-refractivity contribution in [2.24, 2.45) is 0 Å². The quantitative estimate of drug-likeness (QED) is 0.646. The first kappa shape index (κ1) is 16.6. The van der Waals surface area contributed by atoms with Crippen molar-refractivity contribution < 1.29 is 4.92 Å². The summed E-state index contributed by atoms with van der Waals surface area (Å²) in [6, 6.07) is 9.16. The Morgan fingerprint density at radius 2 is 2.17 bits per heavy atom. The van der Waals surface area contributed by atoms with E-state index in [4.69, 9.17) is 0 Å². The fourth-order valence-corrected chi connectivity index (χ4v) is 4.59. The van der Waals surface area contributed by atoms with Crippen LogP contribution in [-0.2, 0) is 0 Å². The Hall–Kier alpha value is -2.26. The van der Waals surface area contributed by atoms with Crippen molar-refractivity contribution in [3.8, 4) is 5.69 Å². The van der Waals surface area contributed by atoms with Gasteiger partial charge in [0, 0.05) is 6.08 Å². The number of nitrogens with zero attached hydrogens (tertiary/aromatic N) is 3. The second-order valence-corrected chi connectivity index (χ2v) is 7.20. The minimum Gasteiger partial charge on any atom is -0.258 e. The molecule has 1 aliphatic rings.